The topological polar surface area (TPSA) is 21.6 Å². The molecule has 3 heteroatoms. The van der Waals surface area contributed by atoms with Gasteiger partial charge in [-0.3, -0.25) is 0 Å². The van der Waals surface area contributed by atoms with Gasteiger partial charge in [-0.05, 0) is 22.8 Å². The summed E-state index contributed by atoms with van der Waals surface area (Å²) in [7, 11) is 0. The molecule has 2 nitrogen and oxygen atoms in total. The molecule has 0 aliphatic rings. The van der Waals surface area contributed by atoms with Crippen molar-refractivity contribution in [2.45, 2.75) is 6.61 Å². The summed E-state index contributed by atoms with van der Waals surface area (Å²) in [6.45, 7) is 0.395. The third kappa shape index (κ3) is 4.21. The van der Waals surface area contributed by atoms with Crippen LogP contribution in [-0.4, -0.2) is 6.21 Å². The molecule has 3 aromatic rings. The van der Waals surface area contributed by atoms with E-state index in [1.807, 2.05) is 48.5 Å². The highest BCUT2D eigenvalue weighted by atomic mass is 35.5. The molecule has 0 N–H and O–H groups in total. The van der Waals surface area contributed by atoms with Crippen molar-refractivity contribution in [1.82, 2.24) is 0 Å². The van der Waals surface area contributed by atoms with Crippen molar-refractivity contribution >= 4 is 17.8 Å². The van der Waals surface area contributed by atoms with Crippen molar-refractivity contribution in [3.8, 4) is 11.1 Å². The van der Waals surface area contributed by atoms with E-state index < -0.39 is 0 Å². The summed E-state index contributed by atoms with van der Waals surface area (Å²) in [4.78, 5) is 5.28. The maximum absolute atomic E-state index is 6.02. The first-order valence-electron chi connectivity index (χ1n) is 7.30. The van der Waals surface area contributed by atoms with Crippen molar-refractivity contribution in [3.05, 3.63) is 95.0 Å². The number of hydrogen-bond donors (Lipinski definition) is 0. The van der Waals surface area contributed by atoms with E-state index in [1.165, 1.54) is 11.1 Å². The molecule has 0 fully saturated rings. The van der Waals surface area contributed by atoms with E-state index in [1.54, 1.807) is 6.07 Å². The largest absolute Gasteiger partial charge is 0.390 e. The minimum Gasteiger partial charge on any atom is -0.390 e. The molecule has 0 aromatic heterocycles. The van der Waals surface area contributed by atoms with E-state index >= 15 is 0 Å². The Morgan fingerprint density at radius 3 is 2.17 bits per heavy atom. The highest BCUT2D eigenvalue weighted by Crippen LogP contribution is 2.19. The molecular formula is C20H15ClNO. The van der Waals surface area contributed by atoms with Crippen LogP contribution in [0, 0.1) is 0 Å². The summed E-state index contributed by atoms with van der Waals surface area (Å²) in [6, 6.07) is 25.9. The smallest absolute Gasteiger partial charge is 0.142 e. The van der Waals surface area contributed by atoms with E-state index in [9.17, 15) is 0 Å². The Hall–Kier alpha value is -2.58. The molecule has 0 bridgehead atoms. The standard InChI is InChI=1S/C20H15ClNO/c21-20-9-5-4-8-19(20)14-22-23-15-16-10-12-18(13-11-16)17-6-2-1-3-7-17/h1-13H,15H2. The van der Waals surface area contributed by atoms with Crippen LogP contribution in [0.4, 0.5) is 0 Å². The Morgan fingerprint density at radius 1 is 0.783 bits per heavy atom. The third-order valence-corrected chi connectivity index (χ3v) is 3.73. The molecule has 3 rings (SSSR count). The molecule has 0 aliphatic heterocycles. The average molecular weight is 321 g/mol. The van der Waals surface area contributed by atoms with Crippen LogP contribution >= 0.6 is 11.6 Å². The Bertz CT molecular complexity index is 782. The van der Waals surface area contributed by atoms with Crippen molar-refractivity contribution in [3.63, 3.8) is 0 Å². The summed E-state index contributed by atoms with van der Waals surface area (Å²) < 4.78 is 0. The van der Waals surface area contributed by atoms with Gasteiger partial charge in [0.15, 0.2) is 0 Å². The van der Waals surface area contributed by atoms with E-state index in [0.29, 0.717) is 17.2 Å². The normalized spacial score (nSPS) is 10.8. The second-order valence-corrected chi connectivity index (χ2v) is 5.43. The lowest BCUT2D eigenvalue weighted by atomic mass is 10.0. The second kappa shape index (κ2) is 7.61. The molecular weight excluding hydrogens is 306 g/mol. The zero-order valence-corrected chi connectivity index (χ0v) is 13.2. The predicted octanol–water partition coefficient (Wildman–Crippen LogP) is 5.43. The summed E-state index contributed by atoms with van der Waals surface area (Å²) in [5.74, 6) is 0. The summed E-state index contributed by atoms with van der Waals surface area (Å²) in [5.41, 5.74) is 4.15. The summed E-state index contributed by atoms with van der Waals surface area (Å²) in [6.07, 6.45) is 2.79. The van der Waals surface area contributed by atoms with Gasteiger partial charge in [-0.15, -0.1) is 0 Å². The third-order valence-electron chi connectivity index (χ3n) is 3.40. The highest BCUT2D eigenvalue weighted by Gasteiger charge is 1.98. The molecule has 0 heterocycles. The van der Waals surface area contributed by atoms with E-state index in [0.717, 1.165) is 5.56 Å². The summed E-state index contributed by atoms with van der Waals surface area (Å²) >= 11 is 6.02. The van der Waals surface area contributed by atoms with Crippen LogP contribution in [0.5, 0.6) is 0 Å². The number of benzene rings is 3. The van der Waals surface area contributed by atoms with Gasteiger partial charge in [-0.2, -0.15) is 0 Å². The van der Waals surface area contributed by atoms with Gasteiger partial charge in [0.1, 0.15) is 12.8 Å². The fourth-order valence-electron chi connectivity index (χ4n) is 2.16. The fourth-order valence-corrected chi connectivity index (χ4v) is 2.34. The van der Waals surface area contributed by atoms with Crippen LogP contribution in [0.15, 0.2) is 84.0 Å². The molecule has 23 heavy (non-hydrogen) atoms. The lowest BCUT2D eigenvalue weighted by molar-refractivity contribution is 0.132. The van der Waals surface area contributed by atoms with Gasteiger partial charge in [0.25, 0.3) is 0 Å². The number of halogens is 1. The van der Waals surface area contributed by atoms with Gasteiger partial charge in [0.2, 0.25) is 0 Å². The number of hydrogen-bond acceptors (Lipinski definition) is 2. The number of nitrogens with zero attached hydrogens (tertiary/aromatic N) is 1. The van der Waals surface area contributed by atoms with Crippen molar-refractivity contribution in [2.75, 3.05) is 0 Å². The van der Waals surface area contributed by atoms with Gasteiger partial charge in [-0.25, -0.2) is 0 Å². The fraction of sp³-hybridized carbons (Fsp3) is 0.0500. The monoisotopic (exact) mass is 320 g/mol. The Balaban J connectivity index is 1.58. The first-order valence-corrected chi connectivity index (χ1v) is 7.67. The number of rotatable bonds is 5. The Kier molecular flexibility index (Phi) is 5.07. The first-order chi connectivity index (χ1) is 11.3. The maximum atomic E-state index is 6.02. The Morgan fingerprint density at radius 2 is 1.43 bits per heavy atom. The van der Waals surface area contributed by atoms with Crippen LogP contribution in [0.1, 0.15) is 11.1 Å². The van der Waals surface area contributed by atoms with Crippen LogP contribution in [0.3, 0.4) is 0 Å². The zero-order chi connectivity index (χ0) is 15.9. The van der Waals surface area contributed by atoms with Crippen LogP contribution in [-0.2, 0) is 11.4 Å². The molecule has 1 radical (unpaired) electrons. The van der Waals surface area contributed by atoms with Crippen molar-refractivity contribution in [2.24, 2.45) is 5.16 Å². The molecule has 0 spiro atoms. The second-order valence-electron chi connectivity index (χ2n) is 5.02. The molecule has 0 amide bonds. The van der Waals surface area contributed by atoms with Crippen molar-refractivity contribution in [1.29, 1.82) is 0 Å². The Labute approximate surface area is 141 Å². The lowest BCUT2D eigenvalue weighted by Gasteiger charge is -2.04. The molecule has 0 saturated heterocycles. The first kappa shape index (κ1) is 15.3. The predicted molar refractivity (Wildman–Crippen MR) is 94.7 cm³/mol. The van der Waals surface area contributed by atoms with Gasteiger partial charge in [0, 0.05) is 5.56 Å². The van der Waals surface area contributed by atoms with Gasteiger partial charge in [0.05, 0.1) is 5.02 Å². The van der Waals surface area contributed by atoms with E-state index in [-0.39, 0.29) is 0 Å². The van der Waals surface area contributed by atoms with E-state index in [4.69, 9.17) is 16.4 Å². The minimum atomic E-state index is 0.395. The molecule has 3 aromatic carbocycles. The zero-order valence-electron chi connectivity index (χ0n) is 12.4. The van der Waals surface area contributed by atoms with Crippen LogP contribution < -0.4 is 0 Å². The molecule has 113 valence electrons. The SMILES string of the molecule is Clc1ccccc1/[C]=N\OCc1ccc(-c2ccccc2)cc1. The van der Waals surface area contributed by atoms with Crippen LogP contribution in [0.2, 0.25) is 5.02 Å². The molecule has 0 aliphatic carbocycles. The molecule has 0 atom stereocenters. The highest BCUT2D eigenvalue weighted by molar-refractivity contribution is 6.33. The quantitative estimate of drug-likeness (QED) is 0.453. The summed E-state index contributed by atoms with van der Waals surface area (Å²) in [5, 5.41) is 4.45. The maximum Gasteiger partial charge on any atom is 0.142 e. The minimum absolute atomic E-state index is 0.395. The van der Waals surface area contributed by atoms with Gasteiger partial charge < -0.3 is 4.84 Å². The van der Waals surface area contributed by atoms with Gasteiger partial charge in [-0.1, -0.05) is 89.6 Å². The van der Waals surface area contributed by atoms with Crippen LogP contribution in [0.25, 0.3) is 11.1 Å². The molecule has 0 unspecified atom stereocenters. The lowest BCUT2D eigenvalue weighted by Crippen LogP contribution is -1.89. The average Bonchev–Trinajstić information content (AvgIpc) is 2.61. The van der Waals surface area contributed by atoms with Crippen molar-refractivity contribution < 1.29 is 4.84 Å². The van der Waals surface area contributed by atoms with E-state index in [2.05, 4.69) is 35.6 Å². The molecule has 0 saturated carbocycles. The van der Waals surface area contributed by atoms with Gasteiger partial charge >= 0.3 is 0 Å².